The molecule has 15 amide bonds. The van der Waals surface area contributed by atoms with Crippen LogP contribution in [0.3, 0.4) is 0 Å². The largest absolute Gasteiger partial charge is 0.391 e. The van der Waals surface area contributed by atoms with Crippen molar-refractivity contribution in [2.24, 2.45) is 70.1 Å². The Morgan fingerprint density at radius 3 is 0.544 bits per heavy atom. The number of nitrogens with two attached hydrogens (primary N) is 5. The molecular formula is C74H113N15O25. The highest BCUT2D eigenvalue weighted by Gasteiger charge is 2.64. The van der Waals surface area contributed by atoms with Crippen molar-refractivity contribution in [1.82, 2.24) is 51.1 Å². The molecule has 114 heavy (non-hydrogen) atoms. The smallest absolute Gasteiger partial charge is 0.242 e. The van der Waals surface area contributed by atoms with Gasteiger partial charge in [-0.25, -0.2) is 0 Å². The highest BCUT2D eigenvalue weighted by molar-refractivity contribution is 6.04. The first-order valence-corrected chi connectivity index (χ1v) is 38.3. The molecule has 5 spiro atoms. The SMILES string of the molecule is CC(=O)N1CC(C(=O)N[C@H](C(N)=O)[C@@H](C)O)CC12CCC2=O.CC(=O)N1CC(C(=O)N[C@H](C(N)=O)[C@@H](C)O)CC12CCC2=O.CC(=O)N1CC(C(=O)N[C@H](C(N)=O)[C@@H](C)O)CC12CCC2=O.CC(C)C(=O)N1CC(C(=O)N[C@H](C(N)=O)[C@@H](C)O)CC12CCC2=O.CC(C)C(=O)N1CC(C(=O)N[C@H](C(N)=O)[C@@H](C)O)CC12CCC2=O. The third-order valence-corrected chi connectivity index (χ3v) is 23.9. The van der Waals surface area contributed by atoms with Gasteiger partial charge in [0.05, 0.1) is 60.1 Å². The van der Waals surface area contributed by atoms with Gasteiger partial charge in [0.25, 0.3) is 0 Å². The lowest BCUT2D eigenvalue weighted by Crippen LogP contribution is -2.59. The van der Waals surface area contributed by atoms with Crippen molar-refractivity contribution in [2.45, 2.75) is 268 Å². The van der Waals surface area contributed by atoms with Crippen molar-refractivity contribution < 1.29 is 121 Å². The molecule has 10 fully saturated rings. The van der Waals surface area contributed by atoms with Crippen LogP contribution < -0.4 is 55.3 Å². The van der Waals surface area contributed by atoms with E-state index in [2.05, 4.69) is 26.6 Å². The predicted molar refractivity (Wildman–Crippen MR) is 395 cm³/mol. The molecule has 5 saturated heterocycles. The van der Waals surface area contributed by atoms with E-state index in [-0.39, 0.29) is 135 Å². The molecule has 0 aromatic heterocycles. The van der Waals surface area contributed by atoms with Gasteiger partial charge in [0.2, 0.25) is 88.6 Å². The summed E-state index contributed by atoms with van der Waals surface area (Å²) in [7, 11) is 0. The lowest BCUT2D eigenvalue weighted by atomic mass is 9.72. The number of nitrogens with zero attached hydrogens (tertiary/aromatic N) is 5. The molecule has 0 aromatic carbocycles. The van der Waals surface area contributed by atoms with Crippen molar-refractivity contribution in [1.29, 1.82) is 0 Å². The van der Waals surface area contributed by atoms with Crippen molar-refractivity contribution in [3.8, 4) is 0 Å². The third kappa shape index (κ3) is 19.2. The zero-order valence-corrected chi connectivity index (χ0v) is 66.5. The average Bonchev–Trinajstić information content (AvgIpc) is 1.56. The summed E-state index contributed by atoms with van der Waals surface area (Å²) in [6, 6.07) is -5.95. The first kappa shape index (κ1) is 93.1. The Labute approximate surface area is 658 Å². The van der Waals surface area contributed by atoms with Gasteiger partial charge >= 0.3 is 0 Å². The number of likely N-dealkylation sites (tertiary alicyclic amines) is 5. The van der Waals surface area contributed by atoms with Gasteiger partial charge in [-0.1, -0.05) is 27.7 Å². The fourth-order valence-electron chi connectivity index (χ4n) is 16.9. The number of primary amides is 5. The number of carbonyl (C=O) groups excluding carboxylic acids is 20. The zero-order valence-electron chi connectivity index (χ0n) is 66.5. The van der Waals surface area contributed by atoms with Crippen LogP contribution in [-0.2, 0) is 95.9 Å². The molecule has 10 aliphatic rings. The molecule has 20 N–H and O–H groups in total. The minimum atomic E-state index is -1.19. The lowest BCUT2D eigenvalue weighted by molar-refractivity contribution is -0.152. The van der Waals surface area contributed by atoms with Gasteiger partial charge in [-0.05, 0) is 98.8 Å². The van der Waals surface area contributed by atoms with Gasteiger partial charge in [-0.15, -0.1) is 0 Å². The van der Waals surface area contributed by atoms with Gasteiger partial charge in [-0.3, -0.25) is 95.9 Å². The number of ketones is 5. The van der Waals surface area contributed by atoms with Gasteiger partial charge in [0.15, 0.2) is 28.9 Å². The van der Waals surface area contributed by atoms with E-state index in [1.165, 1.54) is 79.9 Å². The van der Waals surface area contributed by atoms with E-state index < -0.39 is 177 Å². The number of Topliss-reactive ketones (excluding diaryl/α,β-unsaturated/α-hetero) is 5. The summed E-state index contributed by atoms with van der Waals surface area (Å²) in [6.45, 7) is 18.6. The second-order valence-corrected chi connectivity index (χ2v) is 32.5. The van der Waals surface area contributed by atoms with Crippen LogP contribution in [0.5, 0.6) is 0 Å². The van der Waals surface area contributed by atoms with E-state index in [0.29, 0.717) is 64.2 Å². The summed E-state index contributed by atoms with van der Waals surface area (Å²) in [5, 5.41) is 59.6. The molecule has 20 atom stereocenters. The van der Waals surface area contributed by atoms with E-state index in [1.807, 2.05) is 0 Å². The number of amides is 15. The van der Waals surface area contributed by atoms with Crippen LogP contribution in [0, 0.1) is 41.4 Å². The molecule has 10 rings (SSSR count). The third-order valence-electron chi connectivity index (χ3n) is 23.9. The minimum absolute atomic E-state index is 0.0197. The quantitative estimate of drug-likeness (QED) is 0.0479. The Hall–Kier alpha value is -9.80. The molecule has 5 aliphatic carbocycles. The Morgan fingerprint density at radius 1 is 0.298 bits per heavy atom. The molecule has 0 aromatic rings. The second kappa shape index (κ2) is 36.8. The summed E-state index contributed by atoms with van der Waals surface area (Å²) in [5.74, 6) is -11.2. The van der Waals surface area contributed by atoms with Crippen LogP contribution in [0.1, 0.15) is 179 Å². The molecule has 40 heteroatoms. The first-order chi connectivity index (χ1) is 52.8. The molecular weight excluding hydrogens is 1500 g/mol. The molecule has 5 saturated carbocycles. The fraction of sp³-hybridized carbons (Fsp3) is 0.730. The maximum atomic E-state index is 12.5. The highest BCUT2D eigenvalue weighted by atomic mass is 16.3. The standard InChI is InChI=1S/2C16H25N3O5.3C14H21N3O5/c2*1-8(2)15(24)19-7-10(6-16(19)5-4-11(16)21)14(23)18-12(9(3)20)13(17)22;3*1-7(18)11(12(15)21)16-13(22)9-5-14(4-3-10(14)20)17(6-9)8(2)19/h2*8-10,12,20H,4-7H2,1-3H3,(H2,17,22)(H,18,23);3*7,9,11,18H,3-6H2,1-2H3,(H2,15,21)(H,16,22)/t2*9-,10?,12+,16?;3*7-,9?,11+,14?/m11111/s1. The van der Waals surface area contributed by atoms with Crippen molar-refractivity contribution in [3.63, 3.8) is 0 Å². The maximum absolute atomic E-state index is 12.5. The van der Waals surface area contributed by atoms with Gasteiger partial charge in [-0.2, -0.15) is 0 Å². The zero-order chi connectivity index (χ0) is 86.4. The number of carbonyl (C=O) groups is 20. The normalized spacial score (nSPS) is 29.3. The summed E-state index contributed by atoms with van der Waals surface area (Å²) >= 11 is 0. The molecule has 10 unspecified atom stereocenters. The number of hydrogen-bond donors (Lipinski definition) is 15. The summed E-state index contributed by atoms with van der Waals surface area (Å²) in [5.41, 5.74) is 21.4. The Balaban J connectivity index is 0.000000222. The summed E-state index contributed by atoms with van der Waals surface area (Å²) in [4.78, 5) is 246. The van der Waals surface area contributed by atoms with E-state index in [1.54, 1.807) is 27.7 Å². The van der Waals surface area contributed by atoms with Crippen molar-refractivity contribution >= 4 is 118 Å². The highest BCUT2D eigenvalue weighted by Crippen LogP contribution is 2.50. The Bertz CT molecular complexity index is 3540. The lowest BCUT2D eigenvalue weighted by Gasteiger charge is -2.44. The number of nitrogens with one attached hydrogen (secondary N) is 5. The van der Waals surface area contributed by atoms with Gasteiger partial charge in [0, 0.05) is 97.4 Å². The number of hydrogen-bond acceptors (Lipinski definition) is 25. The van der Waals surface area contributed by atoms with Crippen molar-refractivity contribution in [3.05, 3.63) is 0 Å². The fourth-order valence-corrected chi connectivity index (χ4v) is 16.9. The van der Waals surface area contributed by atoms with Crippen LogP contribution in [-0.4, -0.2) is 289 Å². The van der Waals surface area contributed by atoms with Crippen LogP contribution in [0.4, 0.5) is 0 Å². The van der Waals surface area contributed by atoms with Gasteiger partial charge < -0.3 is 105 Å². The minimum Gasteiger partial charge on any atom is -0.391 e. The molecule has 634 valence electrons. The summed E-state index contributed by atoms with van der Waals surface area (Å²) in [6.07, 6.45) is 0.511. The van der Waals surface area contributed by atoms with Crippen LogP contribution >= 0.6 is 0 Å². The molecule has 5 aliphatic heterocycles. The molecule has 5 heterocycles. The second-order valence-electron chi connectivity index (χ2n) is 32.5. The van der Waals surface area contributed by atoms with Crippen LogP contribution in [0.15, 0.2) is 0 Å². The van der Waals surface area contributed by atoms with E-state index in [9.17, 15) is 121 Å². The number of aliphatic hydroxyl groups excluding tert-OH is 5. The maximum Gasteiger partial charge on any atom is 0.242 e. The predicted octanol–water partition coefficient (Wildman–Crippen LogP) is -7.19. The van der Waals surface area contributed by atoms with E-state index >= 15 is 0 Å². The topological polar surface area (TPSA) is 649 Å². The van der Waals surface area contributed by atoms with Crippen LogP contribution in [0.25, 0.3) is 0 Å². The van der Waals surface area contributed by atoms with E-state index in [4.69, 9.17) is 28.7 Å². The monoisotopic (exact) mass is 1610 g/mol. The summed E-state index contributed by atoms with van der Waals surface area (Å²) < 4.78 is 0. The number of rotatable bonds is 22. The van der Waals surface area contributed by atoms with E-state index in [0.717, 1.165) is 0 Å². The van der Waals surface area contributed by atoms with Crippen LogP contribution in [0.2, 0.25) is 0 Å². The molecule has 0 radical (unpaired) electrons. The van der Waals surface area contributed by atoms with Gasteiger partial charge in [0.1, 0.15) is 57.9 Å². The average molecular weight is 1610 g/mol. The Morgan fingerprint density at radius 2 is 0.447 bits per heavy atom. The number of aliphatic hydroxyl groups is 5. The first-order valence-electron chi connectivity index (χ1n) is 38.3. The Kier molecular flexibility index (Phi) is 30.0. The van der Waals surface area contributed by atoms with Crippen molar-refractivity contribution in [2.75, 3.05) is 32.7 Å². The molecule has 0 bridgehead atoms. The molecule has 40 nitrogen and oxygen atoms in total.